The summed E-state index contributed by atoms with van der Waals surface area (Å²) < 4.78 is 39.8. The maximum absolute atomic E-state index is 13.5. The molecule has 1 aromatic rings. The molecule has 0 aliphatic rings. The van der Waals surface area contributed by atoms with Gasteiger partial charge < -0.3 is 4.90 Å². The summed E-state index contributed by atoms with van der Waals surface area (Å²) in [5.74, 6) is -0.767. The first-order valence-electron chi connectivity index (χ1n) is 4.92. The Labute approximate surface area is 109 Å². The lowest BCUT2D eigenvalue weighted by Crippen LogP contribution is -2.31. The molecule has 0 aliphatic carbocycles. The van der Waals surface area contributed by atoms with Gasteiger partial charge in [-0.05, 0) is 32.3 Å². The van der Waals surface area contributed by atoms with E-state index in [0.29, 0.717) is 11.0 Å². The molecule has 1 rings (SSSR count). The first kappa shape index (κ1) is 14.6. The summed E-state index contributed by atoms with van der Waals surface area (Å²) in [6, 6.07) is 3.85. The molecule has 1 aromatic carbocycles. The van der Waals surface area contributed by atoms with Crippen molar-refractivity contribution in [3.05, 3.63) is 28.5 Å². The van der Waals surface area contributed by atoms with Crippen molar-refractivity contribution >= 4 is 26.0 Å². The number of nitrogens with one attached hydrogen (secondary N) is 1. The second-order valence-electron chi connectivity index (χ2n) is 3.78. The fourth-order valence-electron chi connectivity index (χ4n) is 1.17. The molecular formula is C10H14BrFN2O2S. The lowest BCUT2D eigenvalue weighted by atomic mass is 10.3. The summed E-state index contributed by atoms with van der Waals surface area (Å²) in [4.78, 5) is 1.50. The van der Waals surface area contributed by atoms with Gasteiger partial charge in [0.15, 0.2) is 0 Å². The van der Waals surface area contributed by atoms with E-state index in [1.807, 2.05) is 19.0 Å². The highest BCUT2D eigenvalue weighted by Crippen LogP contribution is 2.18. The Hall–Kier alpha value is -0.500. The van der Waals surface area contributed by atoms with Crippen molar-refractivity contribution in [3.8, 4) is 0 Å². The molecule has 96 valence electrons. The number of benzene rings is 1. The van der Waals surface area contributed by atoms with Crippen LogP contribution in [0, 0.1) is 5.82 Å². The molecule has 0 radical (unpaired) electrons. The van der Waals surface area contributed by atoms with Crippen molar-refractivity contribution < 1.29 is 12.8 Å². The molecule has 0 aromatic heterocycles. The van der Waals surface area contributed by atoms with Crippen molar-refractivity contribution in [2.75, 3.05) is 27.2 Å². The van der Waals surface area contributed by atoms with Crippen molar-refractivity contribution in [3.63, 3.8) is 0 Å². The van der Waals surface area contributed by atoms with E-state index in [-0.39, 0.29) is 11.4 Å². The third-order valence-electron chi connectivity index (χ3n) is 2.03. The standard InChI is InChI=1S/C10H14BrFN2O2S/c1-14(2)6-5-13-17(15,16)10-4-3-8(11)7-9(10)12/h3-4,7,13H,5-6H2,1-2H3. The SMILES string of the molecule is CN(C)CCNS(=O)(=O)c1ccc(Br)cc1F. The molecule has 0 saturated carbocycles. The molecule has 1 N–H and O–H groups in total. The van der Waals surface area contributed by atoms with E-state index in [4.69, 9.17) is 0 Å². The second kappa shape index (κ2) is 5.90. The molecule has 4 nitrogen and oxygen atoms in total. The maximum Gasteiger partial charge on any atom is 0.243 e. The van der Waals surface area contributed by atoms with Crippen LogP contribution >= 0.6 is 15.9 Å². The van der Waals surface area contributed by atoms with Crippen molar-refractivity contribution in [2.45, 2.75) is 4.90 Å². The molecule has 0 bridgehead atoms. The Bertz CT molecular complexity index is 491. The number of rotatable bonds is 5. The van der Waals surface area contributed by atoms with Gasteiger partial charge in [-0.2, -0.15) is 0 Å². The van der Waals surface area contributed by atoms with Gasteiger partial charge in [0.2, 0.25) is 10.0 Å². The monoisotopic (exact) mass is 324 g/mol. The number of likely N-dealkylation sites (N-methyl/N-ethyl adjacent to an activating group) is 1. The summed E-state index contributed by atoms with van der Waals surface area (Å²) in [5, 5.41) is 0. The highest BCUT2D eigenvalue weighted by Gasteiger charge is 2.18. The van der Waals surface area contributed by atoms with E-state index >= 15 is 0 Å². The quantitative estimate of drug-likeness (QED) is 0.891. The van der Waals surface area contributed by atoms with Crippen LogP contribution in [0.3, 0.4) is 0 Å². The molecule has 0 aliphatic heterocycles. The highest BCUT2D eigenvalue weighted by atomic mass is 79.9. The fourth-order valence-corrected chi connectivity index (χ4v) is 2.59. The first-order chi connectivity index (χ1) is 7.83. The Kier molecular flexibility index (Phi) is 5.05. The number of halogens is 2. The molecular weight excluding hydrogens is 311 g/mol. The Morgan fingerprint density at radius 2 is 2.06 bits per heavy atom. The molecule has 0 unspecified atom stereocenters. The lowest BCUT2D eigenvalue weighted by molar-refractivity contribution is 0.412. The smallest absolute Gasteiger partial charge is 0.243 e. The fraction of sp³-hybridized carbons (Fsp3) is 0.400. The average Bonchev–Trinajstić information content (AvgIpc) is 2.15. The van der Waals surface area contributed by atoms with Gasteiger partial charge in [-0.25, -0.2) is 17.5 Å². The van der Waals surface area contributed by atoms with Crippen LogP contribution in [0.1, 0.15) is 0 Å². The molecule has 17 heavy (non-hydrogen) atoms. The van der Waals surface area contributed by atoms with Gasteiger partial charge in [0.05, 0.1) is 0 Å². The van der Waals surface area contributed by atoms with Gasteiger partial charge in [-0.3, -0.25) is 0 Å². The second-order valence-corrected chi connectivity index (χ2v) is 6.43. The summed E-state index contributed by atoms with van der Waals surface area (Å²) in [6.07, 6.45) is 0. The van der Waals surface area contributed by atoms with Crippen molar-refractivity contribution in [1.82, 2.24) is 9.62 Å². The summed E-state index contributed by atoms with van der Waals surface area (Å²) in [6.45, 7) is 0.794. The van der Waals surface area contributed by atoms with Gasteiger partial charge in [0.25, 0.3) is 0 Å². The molecule has 0 saturated heterocycles. The van der Waals surface area contributed by atoms with Crippen LogP contribution in [0.4, 0.5) is 4.39 Å². The lowest BCUT2D eigenvalue weighted by Gasteiger charge is -2.11. The normalized spacial score (nSPS) is 12.1. The number of hydrogen-bond acceptors (Lipinski definition) is 3. The molecule has 0 atom stereocenters. The average molecular weight is 325 g/mol. The van der Waals surface area contributed by atoms with Crippen LogP contribution in [-0.4, -0.2) is 40.5 Å². The van der Waals surface area contributed by atoms with E-state index in [1.165, 1.54) is 12.1 Å². The third-order valence-corrected chi connectivity index (χ3v) is 4.02. The van der Waals surface area contributed by atoms with E-state index < -0.39 is 15.8 Å². The zero-order chi connectivity index (χ0) is 13.1. The van der Waals surface area contributed by atoms with E-state index in [9.17, 15) is 12.8 Å². The van der Waals surface area contributed by atoms with Crippen LogP contribution < -0.4 is 4.72 Å². The first-order valence-corrected chi connectivity index (χ1v) is 7.20. The Morgan fingerprint density at radius 3 is 2.59 bits per heavy atom. The Balaban J connectivity index is 2.83. The minimum absolute atomic E-state index is 0.241. The van der Waals surface area contributed by atoms with Crippen LogP contribution in [0.15, 0.2) is 27.6 Å². The van der Waals surface area contributed by atoms with Gasteiger partial charge in [-0.15, -0.1) is 0 Å². The van der Waals surface area contributed by atoms with E-state index in [0.717, 1.165) is 6.07 Å². The zero-order valence-electron chi connectivity index (χ0n) is 9.57. The van der Waals surface area contributed by atoms with Crippen molar-refractivity contribution in [1.29, 1.82) is 0 Å². The summed E-state index contributed by atoms with van der Waals surface area (Å²) in [5.41, 5.74) is 0. The molecule has 0 fully saturated rings. The van der Waals surface area contributed by atoms with Crippen molar-refractivity contribution in [2.24, 2.45) is 0 Å². The predicted octanol–water partition coefficient (Wildman–Crippen LogP) is 1.43. The topological polar surface area (TPSA) is 49.4 Å². The summed E-state index contributed by atoms with van der Waals surface area (Å²) >= 11 is 3.07. The van der Waals surface area contributed by atoms with Gasteiger partial charge >= 0.3 is 0 Å². The minimum atomic E-state index is -3.78. The maximum atomic E-state index is 13.5. The third kappa shape index (κ3) is 4.34. The molecule has 0 heterocycles. The molecule has 7 heteroatoms. The summed E-state index contributed by atoms with van der Waals surface area (Å²) in [7, 11) is -0.120. The van der Waals surface area contributed by atoms with Gasteiger partial charge in [0, 0.05) is 17.6 Å². The number of nitrogens with zero attached hydrogens (tertiary/aromatic N) is 1. The zero-order valence-corrected chi connectivity index (χ0v) is 12.0. The molecule has 0 amide bonds. The van der Waals surface area contributed by atoms with Crippen LogP contribution in [-0.2, 0) is 10.0 Å². The Morgan fingerprint density at radius 1 is 1.41 bits per heavy atom. The molecule has 0 spiro atoms. The van der Waals surface area contributed by atoms with E-state index in [1.54, 1.807) is 0 Å². The number of sulfonamides is 1. The number of hydrogen-bond donors (Lipinski definition) is 1. The van der Waals surface area contributed by atoms with Gasteiger partial charge in [-0.1, -0.05) is 15.9 Å². The largest absolute Gasteiger partial charge is 0.308 e. The van der Waals surface area contributed by atoms with E-state index in [2.05, 4.69) is 20.7 Å². The van der Waals surface area contributed by atoms with Gasteiger partial charge in [0.1, 0.15) is 10.7 Å². The minimum Gasteiger partial charge on any atom is -0.308 e. The van der Waals surface area contributed by atoms with Crippen LogP contribution in [0.25, 0.3) is 0 Å². The predicted molar refractivity (Wildman–Crippen MR) is 67.8 cm³/mol. The van der Waals surface area contributed by atoms with Crippen LogP contribution in [0.2, 0.25) is 0 Å². The van der Waals surface area contributed by atoms with Crippen LogP contribution in [0.5, 0.6) is 0 Å². The highest BCUT2D eigenvalue weighted by molar-refractivity contribution is 9.10.